The molecule has 0 aliphatic rings. The lowest BCUT2D eigenvalue weighted by molar-refractivity contribution is -0.274. The molecule has 0 unspecified atom stereocenters. The molecule has 1 heterocycles. The van der Waals surface area contributed by atoms with Crippen LogP contribution in [0.2, 0.25) is 0 Å². The molecule has 0 saturated heterocycles. The lowest BCUT2D eigenvalue weighted by Gasteiger charge is -2.10. The Balaban J connectivity index is 2.16. The number of aryl methyl sites for hydroxylation is 1. The maximum Gasteiger partial charge on any atom is 0.573 e. The first kappa shape index (κ1) is 14.4. The van der Waals surface area contributed by atoms with E-state index < -0.39 is 6.36 Å². The molecule has 1 aromatic carbocycles. The van der Waals surface area contributed by atoms with Crippen molar-refractivity contribution in [1.82, 2.24) is 9.78 Å². The molecule has 6 heteroatoms. The van der Waals surface area contributed by atoms with Gasteiger partial charge in [0.1, 0.15) is 5.75 Å². The maximum absolute atomic E-state index is 12.2. The van der Waals surface area contributed by atoms with Gasteiger partial charge in [0.25, 0.3) is 0 Å². The molecule has 0 fully saturated rings. The Morgan fingerprint density at radius 2 is 2.05 bits per heavy atom. The summed E-state index contributed by atoms with van der Waals surface area (Å²) in [6.07, 6.45) is 0.0188. The van der Waals surface area contributed by atoms with E-state index in [1.165, 1.54) is 18.2 Å². The van der Waals surface area contributed by atoms with Crippen LogP contribution in [-0.2, 0) is 6.42 Å². The summed E-state index contributed by atoms with van der Waals surface area (Å²) in [6.45, 7) is 2.09. The molecule has 0 radical (unpaired) electrons. The second-order valence-corrected chi connectivity index (χ2v) is 4.40. The van der Waals surface area contributed by atoms with Crippen molar-refractivity contribution < 1.29 is 17.9 Å². The summed E-state index contributed by atoms with van der Waals surface area (Å²) >= 11 is 0. The monoisotopic (exact) mass is 284 g/mol. The summed E-state index contributed by atoms with van der Waals surface area (Å²) in [5.74, 6) is -0.249. The molecule has 0 saturated carbocycles. The highest BCUT2D eigenvalue weighted by Gasteiger charge is 2.31. The van der Waals surface area contributed by atoms with Gasteiger partial charge in [-0.2, -0.15) is 5.10 Å². The van der Waals surface area contributed by atoms with Gasteiger partial charge in [0.15, 0.2) is 0 Å². The fourth-order valence-electron chi connectivity index (χ4n) is 1.82. The number of benzene rings is 1. The van der Waals surface area contributed by atoms with Gasteiger partial charge in [0.05, 0.1) is 11.4 Å². The number of ether oxygens (including phenoxy) is 1. The largest absolute Gasteiger partial charge is 0.573 e. The van der Waals surface area contributed by atoms with E-state index in [2.05, 4.69) is 16.8 Å². The Bertz CT molecular complexity index is 564. The molecule has 20 heavy (non-hydrogen) atoms. The van der Waals surface area contributed by atoms with Gasteiger partial charge in [0, 0.05) is 12.3 Å². The molecular formula is C14H15F3N2O. The number of unbranched alkanes of at least 4 members (excludes halogenated alkanes) is 1. The lowest BCUT2D eigenvalue weighted by Crippen LogP contribution is -2.17. The van der Waals surface area contributed by atoms with Crippen LogP contribution in [0.5, 0.6) is 5.75 Å². The van der Waals surface area contributed by atoms with Crippen molar-refractivity contribution in [3.63, 3.8) is 0 Å². The van der Waals surface area contributed by atoms with Crippen LogP contribution in [0.25, 0.3) is 5.69 Å². The van der Waals surface area contributed by atoms with Crippen molar-refractivity contribution in [3.05, 3.63) is 42.2 Å². The Morgan fingerprint density at radius 1 is 1.25 bits per heavy atom. The second kappa shape index (κ2) is 5.98. The highest BCUT2D eigenvalue weighted by molar-refractivity contribution is 5.38. The van der Waals surface area contributed by atoms with Crippen LogP contribution in [0.4, 0.5) is 13.2 Å². The molecule has 0 aliphatic carbocycles. The normalized spacial score (nSPS) is 11.6. The van der Waals surface area contributed by atoms with Crippen molar-refractivity contribution >= 4 is 0 Å². The fourth-order valence-corrected chi connectivity index (χ4v) is 1.82. The number of halogens is 3. The number of hydrogen-bond acceptors (Lipinski definition) is 2. The average Bonchev–Trinajstić information content (AvgIpc) is 2.83. The highest BCUT2D eigenvalue weighted by atomic mass is 19.4. The molecule has 0 aliphatic heterocycles. The van der Waals surface area contributed by atoms with Crippen molar-refractivity contribution in [3.8, 4) is 11.4 Å². The SMILES string of the molecule is CCCCc1ccn(-c2cccc(OC(F)(F)F)c2)n1. The zero-order chi connectivity index (χ0) is 14.6. The van der Waals surface area contributed by atoms with E-state index >= 15 is 0 Å². The number of rotatable bonds is 5. The van der Waals surface area contributed by atoms with E-state index in [4.69, 9.17) is 0 Å². The quantitative estimate of drug-likeness (QED) is 0.826. The van der Waals surface area contributed by atoms with Crippen LogP contribution in [0.1, 0.15) is 25.5 Å². The molecular weight excluding hydrogens is 269 g/mol. The van der Waals surface area contributed by atoms with Crippen molar-refractivity contribution in [2.75, 3.05) is 0 Å². The molecule has 2 rings (SSSR count). The minimum atomic E-state index is -4.69. The molecule has 2 aromatic rings. The third-order valence-corrected chi connectivity index (χ3v) is 2.75. The minimum absolute atomic E-state index is 0.249. The van der Waals surface area contributed by atoms with Gasteiger partial charge >= 0.3 is 6.36 Å². The van der Waals surface area contributed by atoms with Crippen LogP contribution in [-0.4, -0.2) is 16.1 Å². The van der Waals surface area contributed by atoms with E-state index in [0.717, 1.165) is 25.0 Å². The smallest absolute Gasteiger partial charge is 0.406 e. The van der Waals surface area contributed by atoms with Gasteiger partial charge in [-0.25, -0.2) is 4.68 Å². The molecule has 0 spiro atoms. The van der Waals surface area contributed by atoms with E-state index in [0.29, 0.717) is 5.69 Å². The number of alkyl halides is 3. The molecule has 0 N–H and O–H groups in total. The summed E-state index contributed by atoms with van der Waals surface area (Å²) in [4.78, 5) is 0. The Morgan fingerprint density at radius 3 is 2.75 bits per heavy atom. The summed E-state index contributed by atoms with van der Waals surface area (Å²) in [5, 5.41) is 4.34. The fraction of sp³-hybridized carbons (Fsp3) is 0.357. The first-order valence-corrected chi connectivity index (χ1v) is 6.38. The van der Waals surface area contributed by atoms with Crippen LogP contribution < -0.4 is 4.74 Å². The van der Waals surface area contributed by atoms with Gasteiger partial charge in [-0.3, -0.25) is 0 Å². The summed E-state index contributed by atoms with van der Waals surface area (Å²) in [5.41, 5.74) is 1.46. The lowest BCUT2D eigenvalue weighted by atomic mass is 10.2. The summed E-state index contributed by atoms with van der Waals surface area (Å²) in [7, 11) is 0. The summed E-state index contributed by atoms with van der Waals surface area (Å²) in [6, 6.07) is 7.62. The Hall–Kier alpha value is -1.98. The topological polar surface area (TPSA) is 27.1 Å². The second-order valence-electron chi connectivity index (χ2n) is 4.40. The van der Waals surface area contributed by atoms with Crippen molar-refractivity contribution in [1.29, 1.82) is 0 Å². The van der Waals surface area contributed by atoms with E-state index in [1.54, 1.807) is 16.9 Å². The van der Waals surface area contributed by atoms with Crippen LogP contribution in [0, 0.1) is 0 Å². The van der Waals surface area contributed by atoms with Crippen LogP contribution in [0.3, 0.4) is 0 Å². The van der Waals surface area contributed by atoms with Crippen molar-refractivity contribution in [2.24, 2.45) is 0 Å². The third kappa shape index (κ3) is 4.01. The molecule has 3 nitrogen and oxygen atoms in total. The molecule has 0 atom stereocenters. The van der Waals surface area contributed by atoms with Gasteiger partial charge in [-0.15, -0.1) is 13.2 Å². The number of aromatic nitrogens is 2. The first-order chi connectivity index (χ1) is 9.48. The molecule has 0 bridgehead atoms. The van der Waals surface area contributed by atoms with Crippen LogP contribution >= 0.6 is 0 Å². The summed E-state index contributed by atoms with van der Waals surface area (Å²) < 4.78 is 42.0. The maximum atomic E-state index is 12.2. The predicted molar refractivity (Wildman–Crippen MR) is 68.9 cm³/mol. The van der Waals surface area contributed by atoms with Gasteiger partial charge in [-0.1, -0.05) is 19.4 Å². The molecule has 0 amide bonds. The van der Waals surface area contributed by atoms with E-state index in [1.807, 2.05) is 6.07 Å². The Labute approximate surface area is 115 Å². The molecule has 108 valence electrons. The number of nitrogens with zero attached hydrogens (tertiary/aromatic N) is 2. The zero-order valence-corrected chi connectivity index (χ0v) is 11.0. The Kier molecular flexibility index (Phi) is 4.32. The highest BCUT2D eigenvalue weighted by Crippen LogP contribution is 2.24. The molecule has 1 aromatic heterocycles. The third-order valence-electron chi connectivity index (χ3n) is 2.75. The predicted octanol–water partition coefficient (Wildman–Crippen LogP) is 4.11. The number of hydrogen-bond donors (Lipinski definition) is 0. The standard InChI is InChI=1S/C14H15F3N2O/c1-2-3-5-11-8-9-19(18-11)12-6-4-7-13(10-12)20-14(15,16)17/h4,6-10H,2-3,5H2,1H3. The van der Waals surface area contributed by atoms with Crippen LogP contribution in [0.15, 0.2) is 36.5 Å². The average molecular weight is 284 g/mol. The van der Waals surface area contributed by atoms with E-state index in [9.17, 15) is 13.2 Å². The van der Waals surface area contributed by atoms with Gasteiger partial charge in [-0.05, 0) is 31.0 Å². The zero-order valence-electron chi connectivity index (χ0n) is 11.0. The van der Waals surface area contributed by atoms with Crippen molar-refractivity contribution in [2.45, 2.75) is 32.5 Å². The van der Waals surface area contributed by atoms with Gasteiger partial charge in [0.2, 0.25) is 0 Å². The van der Waals surface area contributed by atoms with E-state index in [-0.39, 0.29) is 5.75 Å². The minimum Gasteiger partial charge on any atom is -0.406 e. The van der Waals surface area contributed by atoms with Gasteiger partial charge < -0.3 is 4.74 Å². The first-order valence-electron chi connectivity index (χ1n) is 6.38.